The van der Waals surface area contributed by atoms with Crippen molar-refractivity contribution >= 4 is 17.5 Å². The minimum atomic E-state index is -0.196. The third kappa shape index (κ3) is 4.25. The average molecular weight is 338 g/mol. The standard InChI is InChI=1S/C20H22N2O3/c1-14-12-22(13-15(2)25-14)20(24)17-9-6-10-18(11-17)21-19(23)16-7-4-3-5-8-16/h3-11,14-15H,12-13H2,1-2H3,(H,21,23)/t14-,15-/m1/s1. The third-order valence-electron chi connectivity index (χ3n) is 4.11. The number of benzene rings is 2. The molecule has 0 bridgehead atoms. The van der Waals surface area contributed by atoms with Crippen molar-refractivity contribution in [3.05, 3.63) is 65.7 Å². The van der Waals surface area contributed by atoms with Crippen molar-refractivity contribution < 1.29 is 14.3 Å². The van der Waals surface area contributed by atoms with Crippen LogP contribution in [0.1, 0.15) is 34.6 Å². The Balaban J connectivity index is 1.73. The molecular formula is C20H22N2O3. The predicted octanol–water partition coefficient (Wildman–Crippen LogP) is 3.19. The molecule has 0 saturated carbocycles. The van der Waals surface area contributed by atoms with Crippen LogP contribution in [0.25, 0.3) is 0 Å². The summed E-state index contributed by atoms with van der Waals surface area (Å²) in [7, 11) is 0. The molecule has 25 heavy (non-hydrogen) atoms. The molecule has 0 aliphatic carbocycles. The number of ether oxygens (including phenoxy) is 1. The summed E-state index contributed by atoms with van der Waals surface area (Å²) in [5.41, 5.74) is 1.75. The molecule has 0 unspecified atom stereocenters. The summed E-state index contributed by atoms with van der Waals surface area (Å²) in [5, 5.41) is 2.84. The fraction of sp³-hybridized carbons (Fsp3) is 0.300. The summed E-state index contributed by atoms with van der Waals surface area (Å²) in [4.78, 5) is 26.8. The molecule has 1 saturated heterocycles. The van der Waals surface area contributed by atoms with Crippen molar-refractivity contribution in [2.75, 3.05) is 18.4 Å². The molecule has 2 atom stereocenters. The quantitative estimate of drug-likeness (QED) is 0.935. The highest BCUT2D eigenvalue weighted by Gasteiger charge is 2.26. The number of carbonyl (C=O) groups is 2. The second kappa shape index (κ2) is 7.49. The first-order valence-corrected chi connectivity index (χ1v) is 8.44. The molecule has 0 spiro atoms. The molecule has 5 nitrogen and oxygen atoms in total. The normalized spacial score (nSPS) is 20.2. The van der Waals surface area contributed by atoms with Crippen LogP contribution in [0, 0.1) is 0 Å². The molecule has 130 valence electrons. The molecule has 1 N–H and O–H groups in total. The number of amides is 2. The van der Waals surface area contributed by atoms with Gasteiger partial charge in [-0.05, 0) is 44.2 Å². The number of anilines is 1. The maximum Gasteiger partial charge on any atom is 0.255 e. The van der Waals surface area contributed by atoms with E-state index in [9.17, 15) is 9.59 Å². The number of nitrogens with one attached hydrogen (secondary N) is 1. The number of nitrogens with zero attached hydrogens (tertiary/aromatic N) is 1. The van der Waals surface area contributed by atoms with Gasteiger partial charge in [0.1, 0.15) is 0 Å². The fourth-order valence-electron chi connectivity index (χ4n) is 3.05. The first-order chi connectivity index (χ1) is 12.0. The van der Waals surface area contributed by atoms with Gasteiger partial charge < -0.3 is 15.0 Å². The monoisotopic (exact) mass is 338 g/mol. The lowest BCUT2D eigenvalue weighted by Crippen LogP contribution is -2.48. The molecule has 1 aliphatic heterocycles. The van der Waals surface area contributed by atoms with Gasteiger partial charge >= 0.3 is 0 Å². The van der Waals surface area contributed by atoms with Crippen LogP contribution in [-0.4, -0.2) is 42.0 Å². The smallest absolute Gasteiger partial charge is 0.255 e. The van der Waals surface area contributed by atoms with Crippen LogP contribution >= 0.6 is 0 Å². The zero-order valence-electron chi connectivity index (χ0n) is 14.4. The topological polar surface area (TPSA) is 58.6 Å². The molecule has 1 heterocycles. The van der Waals surface area contributed by atoms with E-state index in [-0.39, 0.29) is 24.0 Å². The first-order valence-electron chi connectivity index (χ1n) is 8.44. The van der Waals surface area contributed by atoms with Crippen molar-refractivity contribution in [3.63, 3.8) is 0 Å². The van der Waals surface area contributed by atoms with Gasteiger partial charge in [-0.2, -0.15) is 0 Å². The van der Waals surface area contributed by atoms with Gasteiger partial charge in [-0.1, -0.05) is 24.3 Å². The van der Waals surface area contributed by atoms with Crippen LogP contribution in [0.5, 0.6) is 0 Å². The largest absolute Gasteiger partial charge is 0.372 e. The highest BCUT2D eigenvalue weighted by Crippen LogP contribution is 2.17. The van der Waals surface area contributed by atoms with E-state index in [1.807, 2.05) is 32.0 Å². The van der Waals surface area contributed by atoms with E-state index in [1.165, 1.54) is 0 Å². The maximum atomic E-state index is 12.8. The number of hydrogen-bond acceptors (Lipinski definition) is 3. The SMILES string of the molecule is C[C@@H]1CN(C(=O)c2cccc(NC(=O)c3ccccc3)c2)C[C@@H](C)O1. The molecule has 3 rings (SSSR count). The summed E-state index contributed by atoms with van der Waals surface area (Å²) in [6.45, 7) is 5.08. The maximum absolute atomic E-state index is 12.8. The van der Waals surface area contributed by atoms with E-state index in [0.29, 0.717) is 29.9 Å². The Morgan fingerprint density at radius 3 is 2.28 bits per heavy atom. The number of carbonyl (C=O) groups excluding carboxylic acids is 2. The van der Waals surface area contributed by atoms with Crippen molar-refractivity contribution in [2.45, 2.75) is 26.1 Å². The molecule has 2 amide bonds. The Morgan fingerprint density at radius 2 is 1.60 bits per heavy atom. The Morgan fingerprint density at radius 1 is 0.960 bits per heavy atom. The fourth-order valence-corrected chi connectivity index (χ4v) is 3.05. The molecule has 2 aromatic carbocycles. The zero-order chi connectivity index (χ0) is 17.8. The van der Waals surface area contributed by atoms with E-state index >= 15 is 0 Å². The number of hydrogen-bond donors (Lipinski definition) is 1. The highest BCUT2D eigenvalue weighted by atomic mass is 16.5. The van der Waals surface area contributed by atoms with Crippen LogP contribution < -0.4 is 5.32 Å². The van der Waals surface area contributed by atoms with E-state index < -0.39 is 0 Å². The summed E-state index contributed by atoms with van der Waals surface area (Å²) in [6.07, 6.45) is 0.0438. The lowest BCUT2D eigenvalue weighted by atomic mass is 10.1. The number of rotatable bonds is 3. The van der Waals surface area contributed by atoms with Gasteiger partial charge in [0.25, 0.3) is 11.8 Å². The van der Waals surface area contributed by atoms with Crippen LogP contribution in [0.2, 0.25) is 0 Å². The second-order valence-corrected chi connectivity index (χ2v) is 6.37. The highest BCUT2D eigenvalue weighted by molar-refractivity contribution is 6.05. The van der Waals surface area contributed by atoms with E-state index in [2.05, 4.69) is 5.32 Å². The Labute approximate surface area is 147 Å². The van der Waals surface area contributed by atoms with Crippen molar-refractivity contribution in [1.82, 2.24) is 4.90 Å². The second-order valence-electron chi connectivity index (χ2n) is 6.37. The molecule has 0 radical (unpaired) electrons. The molecular weight excluding hydrogens is 316 g/mol. The van der Waals surface area contributed by atoms with E-state index in [4.69, 9.17) is 4.74 Å². The minimum Gasteiger partial charge on any atom is -0.372 e. The van der Waals surface area contributed by atoms with Crippen molar-refractivity contribution in [1.29, 1.82) is 0 Å². The van der Waals surface area contributed by atoms with Gasteiger partial charge in [0, 0.05) is 29.9 Å². The summed E-state index contributed by atoms with van der Waals surface area (Å²) in [5.74, 6) is -0.239. The van der Waals surface area contributed by atoms with E-state index in [0.717, 1.165) is 0 Å². The lowest BCUT2D eigenvalue weighted by Gasteiger charge is -2.35. The average Bonchev–Trinajstić information content (AvgIpc) is 2.61. The first kappa shape index (κ1) is 17.2. The van der Waals surface area contributed by atoms with E-state index in [1.54, 1.807) is 41.3 Å². The molecule has 2 aromatic rings. The van der Waals surface area contributed by atoms with Crippen LogP contribution in [0.4, 0.5) is 5.69 Å². The van der Waals surface area contributed by atoms with Crippen LogP contribution in [0.3, 0.4) is 0 Å². The Hall–Kier alpha value is -2.66. The lowest BCUT2D eigenvalue weighted by molar-refractivity contribution is -0.0586. The third-order valence-corrected chi connectivity index (χ3v) is 4.11. The van der Waals surface area contributed by atoms with Gasteiger partial charge in [0.2, 0.25) is 0 Å². The van der Waals surface area contributed by atoms with Crippen LogP contribution in [0.15, 0.2) is 54.6 Å². The molecule has 1 aliphatic rings. The number of morpholine rings is 1. The van der Waals surface area contributed by atoms with Crippen LogP contribution in [-0.2, 0) is 4.74 Å². The van der Waals surface area contributed by atoms with Gasteiger partial charge in [0.15, 0.2) is 0 Å². The molecule has 1 fully saturated rings. The van der Waals surface area contributed by atoms with Gasteiger partial charge in [-0.3, -0.25) is 9.59 Å². The Kier molecular flexibility index (Phi) is 5.14. The molecule has 0 aromatic heterocycles. The van der Waals surface area contributed by atoms with Crippen molar-refractivity contribution in [2.24, 2.45) is 0 Å². The van der Waals surface area contributed by atoms with Gasteiger partial charge in [-0.25, -0.2) is 0 Å². The summed E-state index contributed by atoms with van der Waals surface area (Å²) >= 11 is 0. The van der Waals surface area contributed by atoms with Gasteiger partial charge in [0.05, 0.1) is 12.2 Å². The minimum absolute atomic E-state index is 0.0219. The van der Waals surface area contributed by atoms with Gasteiger partial charge in [-0.15, -0.1) is 0 Å². The summed E-state index contributed by atoms with van der Waals surface area (Å²) in [6, 6.07) is 16.0. The van der Waals surface area contributed by atoms with Crippen molar-refractivity contribution in [3.8, 4) is 0 Å². The summed E-state index contributed by atoms with van der Waals surface area (Å²) < 4.78 is 5.68. The Bertz CT molecular complexity index is 751. The molecule has 5 heteroatoms. The zero-order valence-corrected chi connectivity index (χ0v) is 14.4. The predicted molar refractivity (Wildman–Crippen MR) is 96.7 cm³/mol.